The number of nitrogens with one attached hydrogen (secondary N) is 3. The highest BCUT2D eigenvalue weighted by molar-refractivity contribution is 7.08. The van der Waals surface area contributed by atoms with Gasteiger partial charge in [-0.25, -0.2) is 14.6 Å². The van der Waals surface area contributed by atoms with Crippen LogP contribution in [0.5, 0.6) is 5.75 Å². The Balaban J connectivity index is 1.71. The molecule has 2 amide bonds. The van der Waals surface area contributed by atoms with Crippen LogP contribution in [0.3, 0.4) is 0 Å². The first kappa shape index (κ1) is 21.8. The number of alkyl halides is 3. The number of hydrogen-bond donors (Lipinski definition) is 5. The number of thiophene rings is 1. The van der Waals surface area contributed by atoms with E-state index in [1.165, 1.54) is 22.9 Å². The summed E-state index contributed by atoms with van der Waals surface area (Å²) in [4.78, 5) is 41.0. The molecule has 31 heavy (non-hydrogen) atoms. The highest BCUT2D eigenvalue weighted by atomic mass is 32.1. The minimum Gasteiger partial charge on any atom is -0.501 e. The van der Waals surface area contributed by atoms with Crippen LogP contribution in [0.15, 0.2) is 39.8 Å². The molecule has 0 fully saturated rings. The number of aromatic nitrogens is 2. The zero-order valence-electron chi connectivity index (χ0n) is 15.3. The number of halogens is 3. The monoisotopic (exact) mass is 454 g/mol. The van der Waals surface area contributed by atoms with Gasteiger partial charge in [-0.05, 0) is 17.7 Å². The number of anilines is 1. The molecule has 1 aromatic carbocycles. The molecule has 162 valence electrons. The van der Waals surface area contributed by atoms with Gasteiger partial charge in [-0.3, -0.25) is 4.79 Å². The van der Waals surface area contributed by atoms with Crippen LogP contribution in [0.1, 0.15) is 21.6 Å². The summed E-state index contributed by atoms with van der Waals surface area (Å²) in [7, 11) is 0. The van der Waals surface area contributed by atoms with Crippen LogP contribution in [0.4, 0.5) is 23.7 Å². The number of H-pyrrole nitrogens is 1. The first-order valence-corrected chi connectivity index (χ1v) is 9.34. The summed E-state index contributed by atoms with van der Waals surface area (Å²) >= 11 is 1.12. The summed E-state index contributed by atoms with van der Waals surface area (Å²) in [5.41, 5.74) is -1.88. The van der Waals surface area contributed by atoms with Crippen molar-refractivity contribution in [1.82, 2.24) is 15.3 Å². The van der Waals surface area contributed by atoms with E-state index in [9.17, 15) is 32.7 Å². The number of rotatable bonds is 5. The van der Waals surface area contributed by atoms with Crippen molar-refractivity contribution in [2.45, 2.75) is 12.7 Å². The Morgan fingerprint density at radius 1 is 1.16 bits per heavy atom. The number of carbonyl (C=O) groups is 2. The van der Waals surface area contributed by atoms with Gasteiger partial charge >= 0.3 is 18.2 Å². The van der Waals surface area contributed by atoms with Crippen LogP contribution >= 0.6 is 11.3 Å². The summed E-state index contributed by atoms with van der Waals surface area (Å²) in [5.74, 6) is -2.83. The second kappa shape index (κ2) is 8.47. The number of carbonyl (C=O) groups excluding carboxylic acids is 1. The third kappa shape index (κ3) is 5.01. The summed E-state index contributed by atoms with van der Waals surface area (Å²) in [5, 5.41) is 26.5. The van der Waals surface area contributed by atoms with Crippen LogP contribution < -0.4 is 16.2 Å². The van der Waals surface area contributed by atoms with Crippen LogP contribution in [-0.2, 0) is 12.7 Å². The van der Waals surface area contributed by atoms with Gasteiger partial charge in [0.05, 0.1) is 16.8 Å². The fourth-order valence-electron chi connectivity index (χ4n) is 2.48. The van der Waals surface area contributed by atoms with Crippen molar-refractivity contribution >= 4 is 29.0 Å². The molecule has 3 rings (SSSR count). The standard InChI is InChI=1S/C18H13F3N4O5S/c19-18(20,21)9-3-1-8(2-4-9)5-22-17(30)23-11-7-31-6-10(11)14-24-12(16(28)29)13(26)15(27)25-14/h1-4,6-7,26H,5H2,(H,28,29)(H2,22,23,30)(H,24,25,27). The van der Waals surface area contributed by atoms with E-state index in [0.717, 1.165) is 23.5 Å². The second-order valence-corrected chi connectivity index (χ2v) is 6.86. The Kier molecular flexibility index (Phi) is 5.97. The summed E-state index contributed by atoms with van der Waals surface area (Å²) < 4.78 is 37.8. The van der Waals surface area contributed by atoms with E-state index in [2.05, 4.69) is 20.6 Å². The third-order valence-corrected chi connectivity index (χ3v) is 4.74. The van der Waals surface area contributed by atoms with Crippen molar-refractivity contribution in [3.05, 3.63) is 62.2 Å². The van der Waals surface area contributed by atoms with Crippen molar-refractivity contribution in [1.29, 1.82) is 0 Å². The average molecular weight is 454 g/mol. The van der Waals surface area contributed by atoms with Gasteiger partial charge in [-0.1, -0.05) is 12.1 Å². The van der Waals surface area contributed by atoms with E-state index >= 15 is 0 Å². The Labute approximate surface area is 175 Å². The fourth-order valence-corrected chi connectivity index (χ4v) is 3.25. The molecule has 2 heterocycles. The van der Waals surface area contributed by atoms with Crippen molar-refractivity contribution in [3.8, 4) is 17.1 Å². The minimum absolute atomic E-state index is 0.0547. The summed E-state index contributed by atoms with van der Waals surface area (Å²) in [6.45, 7) is -0.0547. The number of amides is 2. The van der Waals surface area contributed by atoms with Gasteiger partial charge < -0.3 is 25.8 Å². The van der Waals surface area contributed by atoms with E-state index in [1.807, 2.05) is 0 Å². The van der Waals surface area contributed by atoms with Gasteiger partial charge in [0.1, 0.15) is 5.82 Å². The van der Waals surface area contributed by atoms with E-state index in [-0.39, 0.29) is 23.6 Å². The van der Waals surface area contributed by atoms with Gasteiger partial charge in [0.15, 0.2) is 5.69 Å². The van der Waals surface area contributed by atoms with E-state index < -0.39 is 40.7 Å². The first-order chi connectivity index (χ1) is 14.6. The topological polar surface area (TPSA) is 144 Å². The number of aromatic hydroxyl groups is 1. The molecular weight excluding hydrogens is 441 g/mol. The van der Waals surface area contributed by atoms with Gasteiger partial charge in [-0.2, -0.15) is 13.2 Å². The van der Waals surface area contributed by atoms with Gasteiger partial charge in [-0.15, -0.1) is 11.3 Å². The Morgan fingerprint density at radius 3 is 2.45 bits per heavy atom. The number of aromatic carboxylic acids is 1. The predicted molar refractivity (Wildman–Crippen MR) is 104 cm³/mol. The number of carboxylic acid groups (broad SMARTS) is 1. The normalized spacial score (nSPS) is 11.2. The molecule has 0 aliphatic carbocycles. The number of urea groups is 1. The fraction of sp³-hybridized carbons (Fsp3) is 0.111. The molecule has 5 N–H and O–H groups in total. The molecule has 9 nitrogen and oxygen atoms in total. The maximum Gasteiger partial charge on any atom is 0.416 e. The number of carboxylic acids is 1. The lowest BCUT2D eigenvalue weighted by Crippen LogP contribution is -2.28. The molecular formula is C18H13F3N4O5S. The number of aromatic amines is 1. The molecule has 0 saturated carbocycles. The van der Waals surface area contributed by atoms with E-state index in [4.69, 9.17) is 5.11 Å². The van der Waals surface area contributed by atoms with E-state index in [0.29, 0.717) is 5.56 Å². The van der Waals surface area contributed by atoms with Crippen LogP contribution in [0, 0.1) is 0 Å². The number of hydrogen-bond acceptors (Lipinski definition) is 6. The summed E-state index contributed by atoms with van der Waals surface area (Å²) in [6, 6.07) is 3.58. The van der Waals surface area contributed by atoms with Crippen LogP contribution in [0.2, 0.25) is 0 Å². The molecule has 3 aromatic rings. The zero-order valence-corrected chi connectivity index (χ0v) is 16.1. The highest BCUT2D eigenvalue weighted by Crippen LogP contribution is 2.30. The molecule has 0 bridgehead atoms. The molecule has 0 radical (unpaired) electrons. The van der Waals surface area contributed by atoms with Gasteiger partial charge in [0, 0.05) is 17.3 Å². The number of benzene rings is 1. The Morgan fingerprint density at radius 2 is 1.84 bits per heavy atom. The van der Waals surface area contributed by atoms with Crippen LogP contribution in [-0.4, -0.2) is 32.2 Å². The largest absolute Gasteiger partial charge is 0.501 e. The molecule has 0 aliphatic heterocycles. The quantitative estimate of drug-likeness (QED) is 0.400. The average Bonchev–Trinajstić information content (AvgIpc) is 3.15. The molecule has 0 atom stereocenters. The predicted octanol–water partition coefficient (Wildman–Crippen LogP) is 3.24. The molecule has 0 aliphatic rings. The zero-order chi connectivity index (χ0) is 22.8. The highest BCUT2D eigenvalue weighted by Gasteiger charge is 2.29. The van der Waals surface area contributed by atoms with Gasteiger partial charge in [0.25, 0.3) is 5.56 Å². The lowest BCUT2D eigenvalue weighted by Gasteiger charge is -2.10. The van der Waals surface area contributed by atoms with Gasteiger partial charge in [0.2, 0.25) is 5.75 Å². The molecule has 0 unspecified atom stereocenters. The number of nitrogens with zero attached hydrogens (tertiary/aromatic N) is 1. The molecule has 0 spiro atoms. The SMILES string of the molecule is O=C(NCc1ccc(C(F)(F)F)cc1)Nc1cscc1-c1nc(C(=O)O)c(O)c(=O)[nH]1. The molecule has 2 aromatic heterocycles. The Bertz CT molecular complexity index is 1190. The van der Waals surface area contributed by atoms with E-state index in [1.54, 1.807) is 0 Å². The molecule has 0 saturated heterocycles. The third-order valence-electron chi connectivity index (χ3n) is 4.00. The van der Waals surface area contributed by atoms with Crippen molar-refractivity contribution in [2.75, 3.05) is 5.32 Å². The first-order valence-electron chi connectivity index (χ1n) is 8.40. The van der Waals surface area contributed by atoms with Crippen molar-refractivity contribution in [2.24, 2.45) is 0 Å². The van der Waals surface area contributed by atoms with Crippen molar-refractivity contribution in [3.63, 3.8) is 0 Å². The van der Waals surface area contributed by atoms with Crippen molar-refractivity contribution < 1.29 is 33.0 Å². The smallest absolute Gasteiger partial charge is 0.416 e. The summed E-state index contributed by atoms with van der Waals surface area (Å²) in [6.07, 6.45) is -4.46. The Hall–Kier alpha value is -3.87. The maximum atomic E-state index is 12.6. The molecule has 13 heteroatoms. The lowest BCUT2D eigenvalue weighted by molar-refractivity contribution is -0.137. The lowest BCUT2D eigenvalue weighted by atomic mass is 10.1. The minimum atomic E-state index is -4.46. The van der Waals surface area contributed by atoms with Crippen LogP contribution in [0.25, 0.3) is 11.4 Å². The maximum absolute atomic E-state index is 12.6. The second-order valence-electron chi connectivity index (χ2n) is 6.12.